The molecule has 0 atom stereocenters. The van der Waals surface area contributed by atoms with Crippen molar-refractivity contribution in [3.05, 3.63) is 170 Å². The molecule has 2 aromatic heterocycles. The molecule has 8 aromatic carbocycles. The van der Waals surface area contributed by atoms with E-state index < -0.39 is 0 Å². The fourth-order valence-corrected chi connectivity index (χ4v) is 8.08. The van der Waals surface area contributed by atoms with Gasteiger partial charge < -0.3 is 8.83 Å². The minimum Gasteiger partial charge on any atom is -0.456 e. The van der Waals surface area contributed by atoms with Gasteiger partial charge in [-0.2, -0.15) is 0 Å². The maximum absolute atomic E-state index is 6.17. The Morgan fingerprint density at radius 1 is 0.220 bits per heavy atom. The van der Waals surface area contributed by atoms with E-state index in [0.717, 1.165) is 43.9 Å². The minimum atomic E-state index is 0.909. The van der Waals surface area contributed by atoms with Crippen LogP contribution in [0, 0.1) is 0 Å². The van der Waals surface area contributed by atoms with Gasteiger partial charge in [0.2, 0.25) is 0 Å². The van der Waals surface area contributed by atoms with Gasteiger partial charge in [-0.3, -0.25) is 0 Å². The molecule has 2 heteroatoms. The van der Waals surface area contributed by atoms with E-state index in [0.29, 0.717) is 0 Å². The summed E-state index contributed by atoms with van der Waals surface area (Å²) in [5, 5.41) is 4.55. The molecular formula is C48H28O2. The smallest absolute Gasteiger partial charge is 0.135 e. The van der Waals surface area contributed by atoms with Crippen LogP contribution in [0.2, 0.25) is 0 Å². The molecule has 10 aromatic rings. The predicted molar refractivity (Wildman–Crippen MR) is 207 cm³/mol. The van der Waals surface area contributed by atoms with Gasteiger partial charge in [-0.15, -0.1) is 0 Å². The summed E-state index contributed by atoms with van der Waals surface area (Å²) in [4.78, 5) is 0. The highest BCUT2D eigenvalue weighted by atomic mass is 16.3. The number of rotatable bonds is 2. The Kier molecular flexibility index (Phi) is 5.70. The van der Waals surface area contributed by atoms with Gasteiger partial charge in [0, 0.05) is 21.5 Å². The lowest BCUT2D eigenvalue weighted by Gasteiger charge is -2.24. The van der Waals surface area contributed by atoms with E-state index in [-0.39, 0.29) is 0 Å². The second-order valence-corrected chi connectivity index (χ2v) is 13.2. The van der Waals surface area contributed by atoms with Gasteiger partial charge in [-0.25, -0.2) is 0 Å². The molecule has 0 amide bonds. The van der Waals surface area contributed by atoms with E-state index in [9.17, 15) is 0 Å². The Bertz CT molecular complexity index is 2850. The van der Waals surface area contributed by atoms with Crippen molar-refractivity contribution in [2.45, 2.75) is 0 Å². The van der Waals surface area contributed by atoms with E-state index in [1.165, 1.54) is 66.8 Å². The first-order valence-electron chi connectivity index (χ1n) is 17.1. The van der Waals surface area contributed by atoms with Crippen molar-refractivity contribution in [2.24, 2.45) is 0 Å². The lowest BCUT2D eigenvalue weighted by Crippen LogP contribution is -1.98. The number of fused-ring (bicyclic) bond motifs is 14. The van der Waals surface area contributed by atoms with Gasteiger partial charge in [0.05, 0.1) is 0 Å². The van der Waals surface area contributed by atoms with Crippen molar-refractivity contribution < 1.29 is 8.83 Å². The third-order valence-electron chi connectivity index (χ3n) is 10.5. The maximum atomic E-state index is 6.17. The number of benzene rings is 8. The molecule has 50 heavy (non-hydrogen) atoms. The zero-order valence-electron chi connectivity index (χ0n) is 27.0. The van der Waals surface area contributed by atoms with Gasteiger partial charge in [-0.05, 0) is 115 Å². The normalized spacial score (nSPS) is 12.0. The predicted octanol–water partition coefficient (Wildman–Crippen LogP) is 13.8. The quantitative estimate of drug-likeness (QED) is 0.189. The van der Waals surface area contributed by atoms with Crippen LogP contribution in [0.3, 0.4) is 0 Å². The van der Waals surface area contributed by atoms with E-state index in [1.807, 2.05) is 24.3 Å². The molecule has 0 radical (unpaired) electrons. The first kappa shape index (κ1) is 27.3. The summed E-state index contributed by atoms with van der Waals surface area (Å²) in [6.07, 6.45) is 0. The van der Waals surface area contributed by atoms with Gasteiger partial charge in [0.25, 0.3) is 0 Å². The molecule has 1 aliphatic carbocycles. The Morgan fingerprint density at radius 3 is 1.02 bits per heavy atom. The molecule has 0 saturated carbocycles. The fourth-order valence-electron chi connectivity index (χ4n) is 8.08. The van der Waals surface area contributed by atoms with Gasteiger partial charge >= 0.3 is 0 Å². The average molecular weight is 637 g/mol. The summed E-state index contributed by atoms with van der Waals surface area (Å²) in [6.45, 7) is 0. The Balaban J connectivity index is 1.15. The Labute approximate surface area is 288 Å². The van der Waals surface area contributed by atoms with Crippen molar-refractivity contribution in [3.63, 3.8) is 0 Å². The molecular weight excluding hydrogens is 609 g/mol. The number of para-hydroxylation sites is 2. The van der Waals surface area contributed by atoms with Crippen molar-refractivity contribution >= 4 is 43.9 Å². The molecule has 2 nitrogen and oxygen atoms in total. The van der Waals surface area contributed by atoms with E-state index in [4.69, 9.17) is 8.83 Å². The zero-order chi connectivity index (χ0) is 32.8. The van der Waals surface area contributed by atoms with Crippen LogP contribution in [0.15, 0.2) is 179 Å². The Morgan fingerprint density at radius 2 is 0.540 bits per heavy atom. The van der Waals surface area contributed by atoms with Crippen LogP contribution in [0.25, 0.3) is 111 Å². The maximum Gasteiger partial charge on any atom is 0.135 e. The molecule has 0 spiro atoms. The van der Waals surface area contributed by atoms with E-state index in [1.54, 1.807) is 0 Å². The third kappa shape index (κ3) is 4.03. The summed E-state index contributed by atoms with van der Waals surface area (Å²) < 4.78 is 12.3. The van der Waals surface area contributed by atoms with Crippen LogP contribution >= 0.6 is 0 Å². The van der Waals surface area contributed by atoms with Crippen LogP contribution in [0.1, 0.15) is 0 Å². The molecule has 1 aliphatic rings. The highest BCUT2D eigenvalue weighted by molar-refractivity contribution is 6.09. The van der Waals surface area contributed by atoms with Gasteiger partial charge in [0.1, 0.15) is 22.3 Å². The van der Waals surface area contributed by atoms with E-state index >= 15 is 0 Å². The largest absolute Gasteiger partial charge is 0.456 e. The molecule has 0 saturated heterocycles. The van der Waals surface area contributed by atoms with Crippen molar-refractivity contribution in [2.75, 3.05) is 0 Å². The second kappa shape index (κ2) is 10.4. The lowest BCUT2D eigenvalue weighted by atomic mass is 9.79. The summed E-state index contributed by atoms with van der Waals surface area (Å²) >= 11 is 0. The average Bonchev–Trinajstić information content (AvgIpc) is 3.75. The monoisotopic (exact) mass is 636 g/mol. The summed E-state index contributed by atoms with van der Waals surface area (Å²) in [6, 6.07) is 61.3. The lowest BCUT2D eigenvalue weighted by molar-refractivity contribution is 0.668. The molecule has 0 aliphatic heterocycles. The minimum absolute atomic E-state index is 0.909. The summed E-state index contributed by atoms with van der Waals surface area (Å²) in [5.41, 5.74) is 18.2. The number of hydrogen-bond donors (Lipinski definition) is 0. The van der Waals surface area contributed by atoms with Crippen LogP contribution in [0.4, 0.5) is 0 Å². The second-order valence-electron chi connectivity index (χ2n) is 13.2. The SMILES string of the molecule is c1ccc2c(c1)-c1ccccc1-c1cc(-c3ccc4oc5ccccc5c4c3)ccc1-c1cc(-c3ccc4oc5ccccc5c4c3)ccc1-2. The van der Waals surface area contributed by atoms with Crippen LogP contribution in [0.5, 0.6) is 0 Å². The van der Waals surface area contributed by atoms with Crippen molar-refractivity contribution in [1.82, 2.24) is 0 Å². The highest BCUT2D eigenvalue weighted by Gasteiger charge is 2.23. The molecule has 232 valence electrons. The van der Waals surface area contributed by atoms with Gasteiger partial charge in [0.15, 0.2) is 0 Å². The number of hydrogen-bond acceptors (Lipinski definition) is 2. The van der Waals surface area contributed by atoms with Crippen molar-refractivity contribution in [3.8, 4) is 66.8 Å². The van der Waals surface area contributed by atoms with Crippen LogP contribution < -0.4 is 0 Å². The molecule has 11 rings (SSSR count). The summed E-state index contributed by atoms with van der Waals surface area (Å²) in [5.74, 6) is 0. The first-order chi connectivity index (χ1) is 24.8. The molecule has 0 N–H and O–H groups in total. The van der Waals surface area contributed by atoms with Crippen molar-refractivity contribution in [1.29, 1.82) is 0 Å². The third-order valence-corrected chi connectivity index (χ3v) is 10.5. The zero-order valence-corrected chi connectivity index (χ0v) is 27.0. The molecule has 0 bridgehead atoms. The number of furan rings is 2. The summed E-state index contributed by atoms with van der Waals surface area (Å²) in [7, 11) is 0. The standard InChI is InChI=1S/C48H28O2/c1-2-11-35-33(9-1)34-10-3-4-12-36(34)41-25-30(32-20-24-48-44(28-32)40-14-6-8-16-46(40)50-48)18-22-38(41)42-26-29(17-21-37(35)42)31-19-23-47-43(27-31)39-13-5-7-15-45(39)49-47/h1-28H. The fraction of sp³-hybridized carbons (Fsp3) is 0. The van der Waals surface area contributed by atoms with Crippen LogP contribution in [-0.4, -0.2) is 0 Å². The van der Waals surface area contributed by atoms with Gasteiger partial charge in [-0.1, -0.05) is 121 Å². The molecule has 0 unspecified atom stereocenters. The first-order valence-corrected chi connectivity index (χ1v) is 17.1. The molecule has 2 heterocycles. The van der Waals surface area contributed by atoms with E-state index in [2.05, 4.69) is 146 Å². The molecule has 0 fully saturated rings. The van der Waals surface area contributed by atoms with Crippen LogP contribution in [-0.2, 0) is 0 Å². The Hall–Kier alpha value is -6.64. The highest BCUT2D eigenvalue weighted by Crippen LogP contribution is 2.49. The topological polar surface area (TPSA) is 26.3 Å².